The van der Waals surface area contributed by atoms with Crippen LogP contribution in [0.15, 0.2) is 28.5 Å². The van der Waals surface area contributed by atoms with E-state index in [1.54, 1.807) is 18.5 Å². The van der Waals surface area contributed by atoms with Crippen LogP contribution in [-0.4, -0.2) is 26.9 Å². The Hall–Kier alpha value is -2.52. The molecule has 0 bridgehead atoms. The summed E-state index contributed by atoms with van der Waals surface area (Å²) in [6.45, 7) is 0.163. The lowest BCUT2D eigenvalue weighted by Crippen LogP contribution is -2.22. The second kappa shape index (κ2) is 5.94. The van der Waals surface area contributed by atoms with Crippen molar-refractivity contribution in [3.8, 4) is 0 Å². The van der Waals surface area contributed by atoms with Crippen molar-refractivity contribution in [3.05, 3.63) is 55.0 Å². The highest BCUT2D eigenvalue weighted by Gasteiger charge is 2.20. The van der Waals surface area contributed by atoms with E-state index in [0.29, 0.717) is 16.0 Å². The van der Waals surface area contributed by atoms with Gasteiger partial charge in [-0.15, -0.1) is 11.3 Å². The number of nitrogens with zero attached hydrogens (tertiary/aromatic N) is 4. The zero-order chi connectivity index (χ0) is 16.6. The Labute approximate surface area is 138 Å². The highest BCUT2D eigenvalue weighted by Crippen LogP contribution is 2.28. The Morgan fingerprint density at radius 3 is 3.04 bits per heavy atom. The van der Waals surface area contributed by atoms with Gasteiger partial charge in [0, 0.05) is 19.3 Å². The van der Waals surface area contributed by atoms with Crippen LogP contribution in [-0.2, 0) is 6.54 Å². The van der Waals surface area contributed by atoms with Gasteiger partial charge in [0.1, 0.15) is 10.5 Å². The maximum absolute atomic E-state index is 12.0. The number of nitrogens with one attached hydrogen (secondary N) is 1. The van der Waals surface area contributed by atoms with Gasteiger partial charge in [-0.2, -0.15) is 0 Å². The fourth-order valence-corrected chi connectivity index (χ4v) is 3.02. The minimum Gasteiger partial charge on any atom is -0.346 e. The molecule has 23 heavy (non-hydrogen) atoms. The molecule has 0 saturated heterocycles. The smallest absolute Gasteiger partial charge is 0.313 e. The minimum absolute atomic E-state index is 0.146. The molecular weight excluding hydrogens is 342 g/mol. The molecule has 0 aromatic carbocycles. The number of nitro groups is 1. The lowest BCUT2D eigenvalue weighted by molar-refractivity contribution is -0.384. The second-order valence-electron chi connectivity index (χ2n) is 4.76. The second-order valence-corrected chi connectivity index (χ2v) is 6.11. The topological polar surface area (TPSA) is 105 Å². The van der Waals surface area contributed by atoms with Gasteiger partial charge in [0.05, 0.1) is 22.0 Å². The number of aromatic nitrogens is 3. The van der Waals surface area contributed by atoms with Crippen LogP contribution in [0.1, 0.15) is 5.82 Å². The van der Waals surface area contributed by atoms with Crippen molar-refractivity contribution in [1.29, 1.82) is 0 Å². The Bertz CT molecular complexity index is 954. The molecule has 0 aliphatic carbocycles. The van der Waals surface area contributed by atoms with Gasteiger partial charge >= 0.3 is 5.69 Å². The highest BCUT2D eigenvalue weighted by molar-refractivity contribution is 7.17. The summed E-state index contributed by atoms with van der Waals surface area (Å²) in [5.74, 6) is 0.543. The van der Waals surface area contributed by atoms with Gasteiger partial charge in [0.15, 0.2) is 0 Å². The summed E-state index contributed by atoms with van der Waals surface area (Å²) in [5, 5.41) is 13.1. The molecular formula is C13H10ClN5O3S. The van der Waals surface area contributed by atoms with Crippen molar-refractivity contribution in [2.24, 2.45) is 0 Å². The minimum atomic E-state index is -0.553. The molecule has 0 atom stereocenters. The molecule has 1 N–H and O–H groups in total. The number of halogens is 1. The van der Waals surface area contributed by atoms with Gasteiger partial charge < -0.3 is 9.88 Å². The van der Waals surface area contributed by atoms with Crippen LogP contribution in [0.5, 0.6) is 0 Å². The molecule has 3 aromatic rings. The van der Waals surface area contributed by atoms with Crippen LogP contribution < -0.4 is 10.5 Å². The van der Waals surface area contributed by atoms with E-state index in [1.165, 1.54) is 28.5 Å². The fraction of sp³-hybridized carbons (Fsp3) is 0.154. The number of hydrogen-bond acceptors (Lipinski definition) is 7. The summed E-state index contributed by atoms with van der Waals surface area (Å²) >= 11 is 7.06. The number of aromatic amines is 1. The molecule has 0 unspecified atom stereocenters. The van der Waals surface area contributed by atoms with Gasteiger partial charge in [-0.05, 0) is 11.4 Å². The molecule has 3 heterocycles. The van der Waals surface area contributed by atoms with Crippen molar-refractivity contribution >= 4 is 44.7 Å². The fourth-order valence-electron chi connectivity index (χ4n) is 2.15. The molecule has 8 nitrogen and oxygen atoms in total. The van der Waals surface area contributed by atoms with Gasteiger partial charge in [0.2, 0.25) is 5.82 Å². The predicted molar refractivity (Wildman–Crippen MR) is 88.2 cm³/mol. The number of anilines is 1. The zero-order valence-electron chi connectivity index (χ0n) is 11.8. The first-order valence-electron chi connectivity index (χ1n) is 6.43. The lowest BCUT2D eigenvalue weighted by Gasteiger charge is -2.17. The maximum Gasteiger partial charge on any atom is 0.313 e. The number of hydrogen-bond donors (Lipinski definition) is 1. The predicted octanol–water partition coefficient (Wildman–Crippen LogP) is 2.58. The third-order valence-corrected chi connectivity index (χ3v) is 4.23. The Morgan fingerprint density at radius 2 is 2.30 bits per heavy atom. The van der Waals surface area contributed by atoms with E-state index in [1.807, 2.05) is 0 Å². The van der Waals surface area contributed by atoms with Crippen LogP contribution in [0.25, 0.3) is 10.2 Å². The van der Waals surface area contributed by atoms with Gasteiger partial charge in [-0.3, -0.25) is 14.9 Å². The molecule has 0 amide bonds. The van der Waals surface area contributed by atoms with E-state index >= 15 is 0 Å². The molecule has 118 valence electrons. The maximum atomic E-state index is 12.0. The van der Waals surface area contributed by atoms with Gasteiger partial charge in [-0.1, -0.05) is 11.6 Å². The summed E-state index contributed by atoms with van der Waals surface area (Å²) in [5.41, 5.74) is 0.159. The number of fused-ring (bicyclic) bond motifs is 1. The first-order chi connectivity index (χ1) is 11.0. The van der Waals surface area contributed by atoms with Crippen LogP contribution in [0, 0.1) is 10.1 Å². The van der Waals surface area contributed by atoms with E-state index in [9.17, 15) is 14.9 Å². The molecule has 0 fully saturated rings. The van der Waals surface area contributed by atoms with Crippen molar-refractivity contribution in [2.75, 3.05) is 11.9 Å². The van der Waals surface area contributed by atoms with Crippen LogP contribution >= 0.6 is 22.9 Å². The van der Waals surface area contributed by atoms with Crippen molar-refractivity contribution in [2.45, 2.75) is 6.54 Å². The Kier molecular flexibility index (Phi) is 3.97. The third-order valence-electron chi connectivity index (χ3n) is 3.12. The van der Waals surface area contributed by atoms with Crippen LogP contribution in [0.4, 0.5) is 11.5 Å². The van der Waals surface area contributed by atoms with E-state index < -0.39 is 4.92 Å². The van der Waals surface area contributed by atoms with E-state index in [4.69, 9.17) is 11.6 Å². The molecule has 0 aliphatic heterocycles. The Morgan fingerprint density at radius 1 is 1.52 bits per heavy atom. The number of thiophene rings is 1. The van der Waals surface area contributed by atoms with E-state index in [0.717, 1.165) is 0 Å². The van der Waals surface area contributed by atoms with E-state index in [2.05, 4.69) is 15.0 Å². The summed E-state index contributed by atoms with van der Waals surface area (Å²) in [6, 6.07) is 2.99. The summed E-state index contributed by atoms with van der Waals surface area (Å²) < 4.78 is 0.548. The summed E-state index contributed by atoms with van der Waals surface area (Å²) in [6.07, 6.45) is 1.33. The van der Waals surface area contributed by atoms with Gasteiger partial charge in [-0.25, -0.2) is 9.97 Å². The Balaban J connectivity index is 1.96. The van der Waals surface area contributed by atoms with Crippen molar-refractivity contribution in [3.63, 3.8) is 0 Å². The number of rotatable bonds is 4. The van der Waals surface area contributed by atoms with E-state index in [-0.39, 0.29) is 28.6 Å². The molecule has 0 aliphatic rings. The normalized spacial score (nSPS) is 10.9. The molecule has 3 rings (SSSR count). The zero-order valence-corrected chi connectivity index (χ0v) is 13.4. The van der Waals surface area contributed by atoms with Gasteiger partial charge in [0.25, 0.3) is 5.56 Å². The van der Waals surface area contributed by atoms with Crippen molar-refractivity contribution < 1.29 is 4.92 Å². The quantitative estimate of drug-likeness (QED) is 0.572. The van der Waals surface area contributed by atoms with Crippen LogP contribution in [0.2, 0.25) is 5.02 Å². The average molecular weight is 352 g/mol. The largest absolute Gasteiger partial charge is 0.346 e. The average Bonchev–Trinajstić information content (AvgIpc) is 2.95. The monoisotopic (exact) mass is 351 g/mol. The molecule has 0 radical (unpaired) electrons. The SMILES string of the molecule is CN(Cc1nc2ccsc2c(=O)[nH]1)c1ncc(Cl)cc1[N+](=O)[O-]. The number of H-pyrrole nitrogens is 1. The third kappa shape index (κ3) is 3.01. The standard InChI is InChI=1S/C13H10ClN5O3S/c1-18(12-9(19(21)22)4-7(14)5-15-12)6-10-16-8-2-3-23-11(8)13(20)17-10/h2-5H,6H2,1H3,(H,16,17,20). The first kappa shape index (κ1) is 15.4. The van der Waals surface area contributed by atoms with Crippen LogP contribution in [0.3, 0.4) is 0 Å². The molecule has 10 heteroatoms. The molecule has 0 spiro atoms. The molecule has 3 aromatic heterocycles. The number of pyridine rings is 1. The lowest BCUT2D eigenvalue weighted by atomic mass is 10.3. The summed E-state index contributed by atoms with van der Waals surface area (Å²) in [7, 11) is 1.63. The molecule has 0 saturated carbocycles. The first-order valence-corrected chi connectivity index (χ1v) is 7.69. The van der Waals surface area contributed by atoms with Crippen molar-refractivity contribution in [1.82, 2.24) is 15.0 Å². The summed E-state index contributed by atoms with van der Waals surface area (Å²) in [4.78, 5) is 35.1. The highest BCUT2D eigenvalue weighted by atomic mass is 35.5.